The molecule has 5 nitrogen and oxygen atoms in total. The highest BCUT2D eigenvalue weighted by Gasteiger charge is 2.30. The average molecular weight is 360 g/mol. The van der Waals surface area contributed by atoms with Crippen molar-refractivity contribution in [2.24, 2.45) is 0 Å². The third-order valence-electron chi connectivity index (χ3n) is 3.70. The lowest BCUT2D eigenvalue weighted by atomic mass is 10.2. The molecule has 0 aliphatic heterocycles. The topological polar surface area (TPSA) is 59.8 Å². The van der Waals surface area contributed by atoms with Crippen molar-refractivity contribution < 1.29 is 18.0 Å². The van der Waals surface area contributed by atoms with E-state index in [0.717, 1.165) is 23.4 Å². The molecule has 0 aliphatic carbocycles. The van der Waals surface area contributed by atoms with Gasteiger partial charge in [0.15, 0.2) is 0 Å². The fourth-order valence-corrected chi connectivity index (χ4v) is 2.38. The molecule has 26 heavy (non-hydrogen) atoms. The molecular formula is C18H15F3N4O. The third-order valence-corrected chi connectivity index (χ3v) is 3.70. The molecule has 0 fully saturated rings. The summed E-state index contributed by atoms with van der Waals surface area (Å²) < 4.78 is 39.8. The number of alkyl halides is 3. The Hall–Kier alpha value is -3.16. The van der Waals surface area contributed by atoms with Crippen LogP contribution in [-0.2, 0) is 6.18 Å². The van der Waals surface area contributed by atoms with Crippen molar-refractivity contribution in [3.63, 3.8) is 0 Å². The molecule has 1 N–H and O–H groups in total. The number of anilines is 1. The predicted molar refractivity (Wildman–Crippen MR) is 90.2 cm³/mol. The van der Waals surface area contributed by atoms with Gasteiger partial charge in [-0.15, -0.1) is 5.10 Å². The van der Waals surface area contributed by atoms with Crippen LogP contribution < -0.4 is 5.32 Å². The summed E-state index contributed by atoms with van der Waals surface area (Å²) in [6.07, 6.45) is -4.48. The van der Waals surface area contributed by atoms with Gasteiger partial charge in [-0.2, -0.15) is 13.2 Å². The Bertz CT molecular complexity index is 946. The van der Waals surface area contributed by atoms with E-state index in [9.17, 15) is 18.0 Å². The number of carbonyl (C=O) groups is 1. The molecule has 1 heterocycles. The van der Waals surface area contributed by atoms with Crippen molar-refractivity contribution in [3.8, 4) is 5.69 Å². The number of rotatable bonds is 3. The minimum atomic E-state index is -4.48. The molecule has 0 bridgehead atoms. The summed E-state index contributed by atoms with van der Waals surface area (Å²) in [6.45, 7) is 3.64. The highest BCUT2D eigenvalue weighted by molar-refractivity contribution is 6.01. The van der Waals surface area contributed by atoms with Crippen LogP contribution >= 0.6 is 0 Å². The van der Waals surface area contributed by atoms with Gasteiger partial charge in [0.05, 0.1) is 11.3 Å². The van der Waals surface area contributed by atoms with Crippen molar-refractivity contribution in [1.29, 1.82) is 0 Å². The van der Waals surface area contributed by atoms with E-state index in [-0.39, 0.29) is 11.5 Å². The number of nitrogens with zero attached hydrogens (tertiary/aromatic N) is 3. The van der Waals surface area contributed by atoms with E-state index in [1.165, 1.54) is 16.8 Å². The van der Waals surface area contributed by atoms with Crippen LogP contribution in [0.3, 0.4) is 0 Å². The zero-order chi connectivity index (χ0) is 18.9. The molecule has 0 spiro atoms. The number of carbonyl (C=O) groups excluding carboxylic acids is 1. The molecule has 1 amide bonds. The number of hydrogen-bond acceptors (Lipinski definition) is 3. The van der Waals surface area contributed by atoms with Gasteiger partial charge in [0.1, 0.15) is 5.82 Å². The second-order valence-electron chi connectivity index (χ2n) is 5.76. The third kappa shape index (κ3) is 3.74. The Balaban J connectivity index is 1.83. The van der Waals surface area contributed by atoms with Crippen LogP contribution in [-0.4, -0.2) is 20.7 Å². The first-order chi connectivity index (χ1) is 12.2. The minimum absolute atomic E-state index is 0.0224. The number of amides is 1. The number of benzene rings is 2. The Morgan fingerprint density at radius 3 is 2.42 bits per heavy atom. The van der Waals surface area contributed by atoms with Crippen molar-refractivity contribution in [1.82, 2.24) is 14.8 Å². The van der Waals surface area contributed by atoms with Gasteiger partial charge < -0.3 is 5.32 Å². The average Bonchev–Trinajstić information content (AvgIpc) is 2.97. The molecule has 3 aromatic rings. The second-order valence-corrected chi connectivity index (χ2v) is 5.76. The van der Waals surface area contributed by atoms with Crippen LogP contribution in [0.1, 0.15) is 27.6 Å². The standard InChI is InChI=1S/C18H15F3N4O/c1-11-6-8-15(9-7-11)25-12(2)22-16(24-25)17(26)23-14-5-3-4-13(10-14)18(19,20)21/h3-10H,1-2H3,(H,23,26). The highest BCUT2D eigenvalue weighted by Crippen LogP contribution is 2.30. The van der Waals surface area contributed by atoms with Crippen molar-refractivity contribution >= 4 is 11.6 Å². The first-order valence-corrected chi connectivity index (χ1v) is 7.73. The van der Waals surface area contributed by atoms with Gasteiger partial charge in [-0.3, -0.25) is 4.79 Å². The molecular weight excluding hydrogens is 345 g/mol. The SMILES string of the molecule is Cc1ccc(-n2nc(C(=O)Nc3cccc(C(F)(F)F)c3)nc2C)cc1. The van der Waals surface area contributed by atoms with Gasteiger partial charge >= 0.3 is 6.18 Å². The summed E-state index contributed by atoms with van der Waals surface area (Å²) in [6, 6.07) is 11.9. The molecule has 2 aromatic carbocycles. The summed E-state index contributed by atoms with van der Waals surface area (Å²) in [5.41, 5.74) is 0.992. The highest BCUT2D eigenvalue weighted by atomic mass is 19.4. The fraction of sp³-hybridized carbons (Fsp3) is 0.167. The lowest BCUT2D eigenvalue weighted by Crippen LogP contribution is -2.15. The largest absolute Gasteiger partial charge is 0.416 e. The first kappa shape index (κ1) is 17.7. The maximum atomic E-state index is 12.8. The molecule has 3 rings (SSSR count). The van der Waals surface area contributed by atoms with Crippen molar-refractivity contribution in [3.05, 3.63) is 71.3 Å². The Labute approximate surface area is 147 Å². The molecule has 134 valence electrons. The van der Waals surface area contributed by atoms with E-state index in [0.29, 0.717) is 5.82 Å². The smallest absolute Gasteiger partial charge is 0.319 e. The van der Waals surface area contributed by atoms with Gasteiger partial charge in [-0.1, -0.05) is 23.8 Å². The predicted octanol–water partition coefficient (Wildman–Crippen LogP) is 4.16. The van der Waals surface area contributed by atoms with E-state index in [1.54, 1.807) is 6.92 Å². The summed E-state index contributed by atoms with van der Waals surface area (Å²) in [4.78, 5) is 16.4. The molecule has 8 heteroatoms. The molecule has 0 saturated heterocycles. The second kappa shape index (κ2) is 6.62. The van der Waals surface area contributed by atoms with Crippen LogP contribution in [0.25, 0.3) is 5.69 Å². The van der Waals surface area contributed by atoms with Gasteiger partial charge in [0.25, 0.3) is 5.91 Å². The fourth-order valence-electron chi connectivity index (χ4n) is 2.38. The summed E-state index contributed by atoms with van der Waals surface area (Å²) in [5.74, 6) is -0.318. The maximum absolute atomic E-state index is 12.8. The lowest BCUT2D eigenvalue weighted by molar-refractivity contribution is -0.137. The van der Waals surface area contributed by atoms with Crippen molar-refractivity contribution in [2.45, 2.75) is 20.0 Å². The van der Waals surface area contributed by atoms with Gasteiger partial charge in [0, 0.05) is 5.69 Å². The van der Waals surface area contributed by atoms with E-state index >= 15 is 0 Å². The zero-order valence-corrected chi connectivity index (χ0v) is 14.0. The van der Waals surface area contributed by atoms with Crippen LogP contribution in [0.15, 0.2) is 48.5 Å². The number of aromatic nitrogens is 3. The van der Waals surface area contributed by atoms with Gasteiger partial charge in [-0.05, 0) is 44.2 Å². The van der Waals surface area contributed by atoms with E-state index < -0.39 is 17.6 Å². The van der Waals surface area contributed by atoms with Crippen molar-refractivity contribution in [2.75, 3.05) is 5.32 Å². The van der Waals surface area contributed by atoms with Crippen LogP contribution in [0.4, 0.5) is 18.9 Å². The van der Waals surface area contributed by atoms with E-state index in [2.05, 4.69) is 15.4 Å². The Kier molecular flexibility index (Phi) is 4.50. The zero-order valence-electron chi connectivity index (χ0n) is 14.0. The Morgan fingerprint density at radius 1 is 1.08 bits per heavy atom. The minimum Gasteiger partial charge on any atom is -0.319 e. The molecule has 0 saturated carbocycles. The summed E-state index contributed by atoms with van der Waals surface area (Å²) in [7, 11) is 0. The monoisotopic (exact) mass is 360 g/mol. The summed E-state index contributed by atoms with van der Waals surface area (Å²) in [5, 5.41) is 6.54. The molecule has 0 unspecified atom stereocenters. The molecule has 1 aromatic heterocycles. The van der Waals surface area contributed by atoms with Gasteiger partial charge in [-0.25, -0.2) is 9.67 Å². The first-order valence-electron chi connectivity index (χ1n) is 7.73. The van der Waals surface area contributed by atoms with Crippen LogP contribution in [0.2, 0.25) is 0 Å². The lowest BCUT2D eigenvalue weighted by Gasteiger charge is -2.08. The number of nitrogens with one attached hydrogen (secondary N) is 1. The summed E-state index contributed by atoms with van der Waals surface area (Å²) >= 11 is 0. The number of hydrogen-bond donors (Lipinski definition) is 1. The van der Waals surface area contributed by atoms with Crippen LogP contribution in [0.5, 0.6) is 0 Å². The molecule has 0 atom stereocenters. The van der Waals surface area contributed by atoms with Crippen LogP contribution in [0, 0.1) is 13.8 Å². The number of halogens is 3. The molecule has 0 radical (unpaired) electrons. The van der Waals surface area contributed by atoms with E-state index in [4.69, 9.17) is 0 Å². The normalized spacial score (nSPS) is 11.4. The van der Waals surface area contributed by atoms with Gasteiger partial charge in [0.2, 0.25) is 5.82 Å². The Morgan fingerprint density at radius 2 is 1.77 bits per heavy atom. The maximum Gasteiger partial charge on any atom is 0.416 e. The quantitative estimate of drug-likeness (QED) is 0.763. The number of aryl methyl sites for hydroxylation is 2. The molecule has 0 aliphatic rings. The van der Waals surface area contributed by atoms with E-state index in [1.807, 2.05) is 31.2 Å².